The van der Waals surface area contributed by atoms with E-state index in [1.165, 1.54) is 13.0 Å². The molecule has 1 aromatic heterocycles. The fourth-order valence-corrected chi connectivity index (χ4v) is 2.99. The molecule has 0 saturated carbocycles. The summed E-state index contributed by atoms with van der Waals surface area (Å²) in [5.74, 6) is 0.0912. The van der Waals surface area contributed by atoms with Crippen molar-refractivity contribution in [2.24, 2.45) is 0 Å². The molecule has 1 N–H and O–H groups in total. The monoisotopic (exact) mass is 371 g/mol. The van der Waals surface area contributed by atoms with Crippen molar-refractivity contribution in [3.63, 3.8) is 0 Å². The summed E-state index contributed by atoms with van der Waals surface area (Å²) >= 11 is 0. The van der Waals surface area contributed by atoms with Crippen LogP contribution in [0, 0.1) is 6.92 Å². The van der Waals surface area contributed by atoms with Crippen LogP contribution in [0.15, 0.2) is 34.9 Å². The molecule has 1 fully saturated rings. The molecule has 8 heteroatoms. The molecule has 0 spiro atoms. The van der Waals surface area contributed by atoms with Gasteiger partial charge in [0.1, 0.15) is 11.5 Å². The number of ether oxygens (including phenoxy) is 1. The van der Waals surface area contributed by atoms with Crippen molar-refractivity contribution in [3.8, 4) is 5.75 Å². The van der Waals surface area contributed by atoms with Crippen molar-refractivity contribution < 1.29 is 23.6 Å². The van der Waals surface area contributed by atoms with Crippen LogP contribution in [0.4, 0.5) is 0 Å². The van der Waals surface area contributed by atoms with Gasteiger partial charge in [-0.25, -0.2) is 0 Å². The molecular weight excluding hydrogens is 350 g/mol. The largest absolute Gasteiger partial charge is 0.427 e. The fraction of sp³-hybridized carbons (Fsp3) is 0.368. The van der Waals surface area contributed by atoms with E-state index in [-0.39, 0.29) is 17.9 Å². The highest BCUT2D eigenvalue weighted by Gasteiger charge is 2.26. The summed E-state index contributed by atoms with van der Waals surface area (Å²) in [6.07, 6.45) is 1.30. The Hall–Kier alpha value is -3.16. The SMILES string of the molecule is CC(=O)Oc1cccc(C(=O)NC2CCN(C(=O)c3cc(C)on3)CC2)c1. The molecule has 8 nitrogen and oxygen atoms in total. The fourth-order valence-electron chi connectivity index (χ4n) is 2.99. The molecule has 1 aliphatic rings. The lowest BCUT2D eigenvalue weighted by Crippen LogP contribution is -2.46. The Balaban J connectivity index is 1.53. The summed E-state index contributed by atoms with van der Waals surface area (Å²) in [6, 6.07) is 8.06. The molecule has 1 saturated heterocycles. The van der Waals surface area contributed by atoms with Gasteiger partial charge in [0.2, 0.25) is 0 Å². The van der Waals surface area contributed by atoms with E-state index < -0.39 is 5.97 Å². The quantitative estimate of drug-likeness (QED) is 0.651. The lowest BCUT2D eigenvalue weighted by atomic mass is 10.0. The van der Waals surface area contributed by atoms with Crippen molar-refractivity contribution in [2.75, 3.05) is 13.1 Å². The second-order valence-corrected chi connectivity index (χ2v) is 6.48. The van der Waals surface area contributed by atoms with Gasteiger partial charge in [-0.15, -0.1) is 0 Å². The van der Waals surface area contributed by atoms with Gasteiger partial charge >= 0.3 is 5.97 Å². The molecule has 0 bridgehead atoms. The maximum atomic E-state index is 12.4. The highest BCUT2D eigenvalue weighted by Crippen LogP contribution is 2.17. The van der Waals surface area contributed by atoms with Crippen LogP contribution in [-0.2, 0) is 4.79 Å². The number of likely N-dealkylation sites (tertiary alicyclic amines) is 1. The Kier molecular flexibility index (Phi) is 5.54. The van der Waals surface area contributed by atoms with Crippen molar-refractivity contribution in [1.29, 1.82) is 0 Å². The van der Waals surface area contributed by atoms with Gasteiger partial charge in [-0.05, 0) is 38.0 Å². The molecule has 27 heavy (non-hydrogen) atoms. The zero-order valence-corrected chi connectivity index (χ0v) is 15.2. The van der Waals surface area contributed by atoms with E-state index in [4.69, 9.17) is 9.26 Å². The Bertz CT molecular complexity index is 853. The third-order valence-corrected chi connectivity index (χ3v) is 4.32. The van der Waals surface area contributed by atoms with Crippen LogP contribution in [0.3, 0.4) is 0 Å². The molecule has 0 aliphatic carbocycles. The van der Waals surface area contributed by atoms with Crippen molar-refractivity contribution in [2.45, 2.75) is 32.7 Å². The normalized spacial score (nSPS) is 14.7. The number of benzene rings is 1. The van der Waals surface area contributed by atoms with E-state index in [0.29, 0.717) is 48.7 Å². The first-order chi connectivity index (χ1) is 12.9. The summed E-state index contributed by atoms with van der Waals surface area (Å²) in [5, 5.41) is 6.72. The second kappa shape index (κ2) is 8.03. The minimum absolute atomic E-state index is 0.0297. The zero-order valence-electron chi connectivity index (χ0n) is 15.2. The summed E-state index contributed by atoms with van der Waals surface area (Å²) in [6.45, 7) is 4.11. The Morgan fingerprint density at radius 1 is 1.22 bits per heavy atom. The minimum atomic E-state index is -0.438. The smallest absolute Gasteiger partial charge is 0.308 e. The van der Waals surface area contributed by atoms with Crippen LogP contribution in [0.2, 0.25) is 0 Å². The molecule has 2 heterocycles. The van der Waals surface area contributed by atoms with Crippen molar-refractivity contribution in [1.82, 2.24) is 15.4 Å². The van der Waals surface area contributed by atoms with Crippen molar-refractivity contribution in [3.05, 3.63) is 47.3 Å². The minimum Gasteiger partial charge on any atom is -0.427 e. The first-order valence-electron chi connectivity index (χ1n) is 8.74. The molecular formula is C19H21N3O5. The van der Waals surface area contributed by atoms with E-state index >= 15 is 0 Å². The number of aromatic nitrogens is 1. The lowest BCUT2D eigenvalue weighted by molar-refractivity contribution is -0.131. The number of hydrogen-bond acceptors (Lipinski definition) is 6. The van der Waals surface area contributed by atoms with E-state index in [9.17, 15) is 14.4 Å². The topological polar surface area (TPSA) is 102 Å². The number of carbonyl (C=O) groups excluding carboxylic acids is 3. The van der Waals surface area contributed by atoms with Gasteiger partial charge in [-0.3, -0.25) is 14.4 Å². The number of esters is 1. The maximum Gasteiger partial charge on any atom is 0.308 e. The van der Waals surface area contributed by atoms with E-state index in [1.54, 1.807) is 36.1 Å². The van der Waals surface area contributed by atoms with E-state index in [2.05, 4.69) is 10.5 Å². The number of aryl methyl sites for hydroxylation is 1. The average molecular weight is 371 g/mol. The number of piperidine rings is 1. The third-order valence-electron chi connectivity index (χ3n) is 4.32. The van der Waals surface area contributed by atoms with Crippen LogP contribution in [-0.4, -0.2) is 47.0 Å². The van der Waals surface area contributed by atoms with Crippen LogP contribution in [0.5, 0.6) is 5.75 Å². The van der Waals surface area contributed by atoms with Crippen LogP contribution in [0.1, 0.15) is 46.4 Å². The van der Waals surface area contributed by atoms with Crippen LogP contribution in [0.25, 0.3) is 0 Å². The van der Waals surface area contributed by atoms with Gasteiger partial charge < -0.3 is 19.5 Å². The molecule has 2 amide bonds. The van der Waals surface area contributed by atoms with E-state index in [1.807, 2.05) is 0 Å². The highest BCUT2D eigenvalue weighted by atomic mass is 16.5. The Morgan fingerprint density at radius 2 is 1.96 bits per heavy atom. The molecule has 0 atom stereocenters. The summed E-state index contributed by atoms with van der Waals surface area (Å²) < 4.78 is 9.95. The van der Waals surface area contributed by atoms with Crippen LogP contribution < -0.4 is 10.1 Å². The second-order valence-electron chi connectivity index (χ2n) is 6.48. The zero-order chi connectivity index (χ0) is 19.4. The maximum absolute atomic E-state index is 12.4. The molecule has 0 unspecified atom stereocenters. The number of nitrogens with zero attached hydrogens (tertiary/aromatic N) is 2. The molecule has 0 radical (unpaired) electrons. The van der Waals surface area contributed by atoms with Crippen LogP contribution >= 0.6 is 0 Å². The third kappa shape index (κ3) is 4.72. The predicted molar refractivity (Wildman–Crippen MR) is 95.4 cm³/mol. The van der Waals surface area contributed by atoms with Crippen molar-refractivity contribution >= 4 is 17.8 Å². The summed E-state index contributed by atoms with van der Waals surface area (Å²) in [4.78, 5) is 37.5. The van der Waals surface area contributed by atoms with Gasteiger partial charge in [0.25, 0.3) is 11.8 Å². The molecule has 1 aromatic carbocycles. The molecule has 142 valence electrons. The van der Waals surface area contributed by atoms with E-state index in [0.717, 1.165) is 0 Å². The highest BCUT2D eigenvalue weighted by molar-refractivity contribution is 5.95. The number of carbonyl (C=O) groups is 3. The number of amides is 2. The number of hydrogen-bond donors (Lipinski definition) is 1. The number of rotatable bonds is 4. The Morgan fingerprint density at radius 3 is 2.59 bits per heavy atom. The summed E-state index contributed by atoms with van der Waals surface area (Å²) in [7, 11) is 0. The molecule has 2 aromatic rings. The summed E-state index contributed by atoms with van der Waals surface area (Å²) in [5.41, 5.74) is 0.725. The molecule has 1 aliphatic heterocycles. The first kappa shape index (κ1) is 18.6. The van der Waals surface area contributed by atoms with Gasteiger partial charge in [0.05, 0.1) is 0 Å². The first-order valence-corrected chi connectivity index (χ1v) is 8.74. The standard InChI is InChI=1S/C19H21N3O5/c1-12-10-17(21-27-12)19(25)22-8-6-15(7-9-22)20-18(24)14-4-3-5-16(11-14)26-13(2)23/h3-5,10-11,15H,6-9H2,1-2H3,(H,20,24). The average Bonchev–Trinajstić information content (AvgIpc) is 3.08. The predicted octanol–water partition coefficient (Wildman–Crippen LogP) is 1.94. The van der Waals surface area contributed by atoms with Gasteiger partial charge in [-0.1, -0.05) is 11.2 Å². The Labute approximate surface area is 156 Å². The molecule has 3 rings (SSSR count). The van der Waals surface area contributed by atoms with Gasteiger partial charge in [0, 0.05) is 37.7 Å². The lowest BCUT2D eigenvalue weighted by Gasteiger charge is -2.31. The van der Waals surface area contributed by atoms with Gasteiger partial charge in [-0.2, -0.15) is 0 Å². The number of nitrogens with one attached hydrogen (secondary N) is 1. The van der Waals surface area contributed by atoms with Gasteiger partial charge in [0.15, 0.2) is 5.69 Å².